The third-order valence-electron chi connectivity index (χ3n) is 6.45. The fourth-order valence-electron chi connectivity index (χ4n) is 4.40. The number of para-hydroxylation sites is 1. The van der Waals surface area contributed by atoms with Gasteiger partial charge in [-0.2, -0.15) is 0 Å². The van der Waals surface area contributed by atoms with E-state index in [2.05, 4.69) is 4.90 Å². The van der Waals surface area contributed by atoms with Gasteiger partial charge in [0.05, 0.1) is 47.8 Å². The van der Waals surface area contributed by atoms with E-state index in [-0.39, 0.29) is 24.1 Å². The van der Waals surface area contributed by atoms with Crippen molar-refractivity contribution in [1.29, 1.82) is 0 Å². The molecule has 0 atom stereocenters. The van der Waals surface area contributed by atoms with Gasteiger partial charge in [-0.15, -0.1) is 0 Å². The smallest absolute Gasteiger partial charge is 0.306 e. The van der Waals surface area contributed by atoms with Gasteiger partial charge in [-0.05, 0) is 37.1 Å². The van der Waals surface area contributed by atoms with Crippen molar-refractivity contribution in [2.45, 2.75) is 18.9 Å². The lowest BCUT2D eigenvalue weighted by molar-refractivity contribution is -0.151. The number of carboxylic acid groups (broad SMARTS) is 1. The third-order valence-corrected chi connectivity index (χ3v) is 6.75. The Balaban J connectivity index is 1.38. The summed E-state index contributed by atoms with van der Waals surface area (Å²) in [7, 11) is 0. The number of rotatable bonds is 8. The maximum absolute atomic E-state index is 12.8. The molecule has 184 valence electrons. The van der Waals surface area contributed by atoms with E-state index in [9.17, 15) is 9.59 Å². The Kier molecular flexibility index (Phi) is 6.95. The van der Waals surface area contributed by atoms with E-state index in [1.165, 1.54) is 6.07 Å². The average Bonchev–Trinajstić information content (AvgIpc) is 2.83. The molecule has 1 aromatic heterocycles. The van der Waals surface area contributed by atoms with Crippen molar-refractivity contribution in [2.24, 2.45) is 5.92 Å². The molecule has 1 N–H and O–H groups in total. The van der Waals surface area contributed by atoms with Crippen LogP contribution in [0.1, 0.15) is 12.8 Å². The molecule has 1 saturated carbocycles. The van der Waals surface area contributed by atoms with E-state index < -0.39 is 5.97 Å². The Morgan fingerprint density at radius 3 is 2.69 bits per heavy atom. The van der Waals surface area contributed by atoms with Gasteiger partial charge < -0.3 is 28.6 Å². The van der Waals surface area contributed by atoms with Crippen LogP contribution in [-0.4, -0.2) is 56.7 Å². The Morgan fingerprint density at radius 1 is 1.11 bits per heavy atom. The van der Waals surface area contributed by atoms with Gasteiger partial charge in [0.2, 0.25) is 0 Å². The average molecular weight is 500 g/mol. The molecule has 1 aliphatic carbocycles. The summed E-state index contributed by atoms with van der Waals surface area (Å²) in [4.78, 5) is 25.9. The van der Waals surface area contributed by atoms with Crippen LogP contribution in [0.3, 0.4) is 0 Å². The molecule has 1 aliphatic heterocycles. The topological polar surface area (TPSA) is 98.4 Å². The van der Waals surface area contributed by atoms with Gasteiger partial charge in [-0.3, -0.25) is 9.59 Å². The molecule has 1 saturated heterocycles. The maximum Gasteiger partial charge on any atom is 0.306 e. The summed E-state index contributed by atoms with van der Waals surface area (Å²) in [5.74, 6) is -0.171. The molecule has 5 rings (SSSR count). The predicted molar refractivity (Wildman–Crippen MR) is 132 cm³/mol. The summed E-state index contributed by atoms with van der Waals surface area (Å²) < 4.78 is 23.4. The number of morpholine rings is 1. The van der Waals surface area contributed by atoms with Crippen molar-refractivity contribution in [3.8, 4) is 17.1 Å². The van der Waals surface area contributed by atoms with Crippen molar-refractivity contribution in [3.05, 3.63) is 57.7 Å². The zero-order valence-electron chi connectivity index (χ0n) is 19.1. The molecule has 2 aromatic carbocycles. The number of benzene rings is 2. The van der Waals surface area contributed by atoms with Crippen LogP contribution in [0.5, 0.6) is 5.75 Å². The molecule has 0 radical (unpaired) electrons. The zero-order chi connectivity index (χ0) is 24.4. The number of ether oxygens (including phenoxy) is 3. The fraction of sp³-hybridized carbons (Fsp3) is 0.385. The highest BCUT2D eigenvalue weighted by Crippen LogP contribution is 2.36. The van der Waals surface area contributed by atoms with Gasteiger partial charge in [0.15, 0.2) is 11.0 Å². The Hall–Kier alpha value is -3.07. The molecule has 9 heteroatoms. The quantitative estimate of drug-likeness (QED) is 0.460. The monoisotopic (exact) mass is 499 g/mol. The normalized spacial score (nSPS) is 20.0. The number of anilines is 1. The summed E-state index contributed by atoms with van der Waals surface area (Å²) in [5.41, 5.74) is 1.77. The number of hydrogen-bond acceptors (Lipinski definition) is 7. The largest absolute Gasteiger partial charge is 0.490 e. The molecular formula is C26H26ClNO7. The summed E-state index contributed by atoms with van der Waals surface area (Å²) >= 11 is 6.30. The minimum atomic E-state index is -0.775. The molecule has 2 aliphatic rings. The van der Waals surface area contributed by atoms with Gasteiger partial charge in [0.25, 0.3) is 0 Å². The lowest BCUT2D eigenvalue weighted by Crippen LogP contribution is -2.37. The second-order valence-corrected chi connectivity index (χ2v) is 9.13. The number of carbonyl (C=O) groups is 1. The van der Waals surface area contributed by atoms with E-state index >= 15 is 0 Å². The molecular weight excluding hydrogens is 474 g/mol. The summed E-state index contributed by atoms with van der Waals surface area (Å²) in [5, 5.41) is 9.80. The molecule has 8 nitrogen and oxygen atoms in total. The van der Waals surface area contributed by atoms with E-state index in [1.807, 2.05) is 18.2 Å². The van der Waals surface area contributed by atoms with Crippen LogP contribution in [0.4, 0.5) is 5.69 Å². The molecule has 0 unspecified atom stereocenters. The van der Waals surface area contributed by atoms with Crippen molar-refractivity contribution in [3.63, 3.8) is 0 Å². The van der Waals surface area contributed by atoms with Gasteiger partial charge >= 0.3 is 5.97 Å². The van der Waals surface area contributed by atoms with Crippen LogP contribution in [-0.2, 0) is 14.3 Å². The molecule has 35 heavy (non-hydrogen) atoms. The second kappa shape index (κ2) is 10.3. The number of nitrogens with zero attached hydrogens (tertiary/aromatic N) is 1. The van der Waals surface area contributed by atoms with Crippen LogP contribution in [0, 0.1) is 5.92 Å². The predicted octanol–water partition coefficient (Wildman–Crippen LogP) is 4.21. The highest BCUT2D eigenvalue weighted by atomic mass is 35.5. The SMILES string of the molecule is O=c1cc(-c2ccc(N3CCOCC3)cc2OCCO[C@H]2C[C@@H](C(=O)O)C2)oc2c(Cl)cccc12. The van der Waals surface area contributed by atoms with Gasteiger partial charge in [-0.25, -0.2) is 0 Å². The molecule has 0 spiro atoms. The molecule has 2 heterocycles. The number of halogens is 1. The first-order valence-corrected chi connectivity index (χ1v) is 12.0. The number of hydrogen-bond donors (Lipinski definition) is 1. The second-order valence-electron chi connectivity index (χ2n) is 8.72. The van der Waals surface area contributed by atoms with Crippen LogP contribution in [0.15, 0.2) is 51.7 Å². The van der Waals surface area contributed by atoms with Gasteiger partial charge in [0, 0.05) is 30.9 Å². The Bertz CT molecular complexity index is 1280. The number of carboxylic acids is 1. The van der Waals surface area contributed by atoms with E-state index in [1.54, 1.807) is 18.2 Å². The molecule has 0 bridgehead atoms. The lowest BCUT2D eigenvalue weighted by Gasteiger charge is -2.32. The van der Waals surface area contributed by atoms with Crippen molar-refractivity contribution >= 4 is 34.2 Å². The highest BCUT2D eigenvalue weighted by Gasteiger charge is 2.35. The summed E-state index contributed by atoms with van der Waals surface area (Å²) in [6, 6.07) is 12.3. The highest BCUT2D eigenvalue weighted by molar-refractivity contribution is 6.34. The van der Waals surface area contributed by atoms with Crippen molar-refractivity contribution in [2.75, 3.05) is 44.4 Å². The van der Waals surface area contributed by atoms with Gasteiger partial charge in [0.1, 0.15) is 18.1 Å². The van der Waals surface area contributed by atoms with Crippen LogP contribution in [0.25, 0.3) is 22.3 Å². The zero-order valence-corrected chi connectivity index (χ0v) is 19.8. The Morgan fingerprint density at radius 2 is 1.91 bits per heavy atom. The lowest BCUT2D eigenvalue weighted by atomic mass is 9.82. The van der Waals surface area contributed by atoms with E-state index in [4.69, 9.17) is 35.3 Å². The van der Waals surface area contributed by atoms with Crippen LogP contribution < -0.4 is 15.1 Å². The molecule has 0 amide bonds. The molecule has 3 aromatic rings. The van der Waals surface area contributed by atoms with E-state index in [0.29, 0.717) is 65.7 Å². The van der Waals surface area contributed by atoms with Crippen LogP contribution in [0.2, 0.25) is 5.02 Å². The Labute approximate surface area is 206 Å². The summed E-state index contributed by atoms with van der Waals surface area (Å²) in [6.07, 6.45) is 0.992. The van der Waals surface area contributed by atoms with Crippen molar-refractivity contribution in [1.82, 2.24) is 0 Å². The maximum atomic E-state index is 12.8. The van der Waals surface area contributed by atoms with Crippen LogP contribution >= 0.6 is 11.6 Å². The van der Waals surface area contributed by atoms with E-state index in [0.717, 1.165) is 18.8 Å². The fourth-order valence-corrected chi connectivity index (χ4v) is 4.61. The first-order valence-electron chi connectivity index (χ1n) is 11.7. The minimum absolute atomic E-state index is 0.0560. The third kappa shape index (κ3) is 5.15. The summed E-state index contributed by atoms with van der Waals surface area (Å²) in [6.45, 7) is 3.45. The minimum Gasteiger partial charge on any atom is -0.490 e. The first kappa shape index (κ1) is 23.7. The number of fused-ring (bicyclic) bond motifs is 1. The van der Waals surface area contributed by atoms with Gasteiger partial charge in [-0.1, -0.05) is 17.7 Å². The number of aliphatic carboxylic acids is 1. The standard InChI is InChI=1S/C26H26ClNO7/c27-21-3-1-2-19-22(29)15-24(35-25(19)21)20-5-4-17(28-6-8-32-9-7-28)14-23(20)34-11-10-33-18-12-16(13-18)26(30)31/h1-5,14-16,18H,6-13H2,(H,30,31)/t16-,18+. The van der Waals surface area contributed by atoms with Crippen molar-refractivity contribution < 1.29 is 28.5 Å². The molecule has 2 fully saturated rings. The first-order chi connectivity index (χ1) is 17.0.